The van der Waals surface area contributed by atoms with Crippen molar-refractivity contribution in [3.8, 4) is 0 Å². The van der Waals surface area contributed by atoms with Crippen LogP contribution in [-0.4, -0.2) is 14.7 Å². The van der Waals surface area contributed by atoms with Crippen molar-refractivity contribution in [2.24, 2.45) is 0 Å². The van der Waals surface area contributed by atoms with Gasteiger partial charge in [0.25, 0.3) is 0 Å². The zero-order valence-corrected chi connectivity index (χ0v) is 9.59. The van der Waals surface area contributed by atoms with E-state index in [1.807, 2.05) is 0 Å². The maximum atomic E-state index is 8.46. The zero-order chi connectivity index (χ0) is 8.12. The van der Waals surface area contributed by atoms with Gasteiger partial charge in [-0.2, -0.15) is 0 Å². The van der Waals surface area contributed by atoms with Crippen molar-refractivity contribution in [2.45, 2.75) is 0 Å². The predicted octanol–water partition coefficient (Wildman–Crippen LogP) is -2.33. The molecule has 10 heavy (non-hydrogen) atoms. The molecule has 0 aliphatic heterocycles. The molecule has 56 valence electrons. The molecule has 0 bridgehead atoms. The summed E-state index contributed by atoms with van der Waals surface area (Å²) in [5, 5.41) is 0. The fourth-order valence-electron chi connectivity index (χ4n) is 0. The quantitative estimate of drug-likeness (QED) is 0.309. The Balaban J connectivity index is -0.0000000150. The van der Waals surface area contributed by atoms with Crippen molar-refractivity contribution in [1.29, 1.82) is 0 Å². The molecular weight excluding hydrogens is 212 g/mol. The number of hydrogen-bond acceptors (Lipinski definition) is 3. The van der Waals surface area contributed by atoms with Crippen LogP contribution in [0.15, 0.2) is 0 Å². The molecule has 0 aliphatic rings. The third-order valence-electron chi connectivity index (χ3n) is 0. The SMILES string of the molecule is O=PO.O=PO.O=PO.[H-].[Na+]. The molecule has 0 heterocycles. The second kappa shape index (κ2) is 49.1. The maximum absolute atomic E-state index is 8.46. The molecule has 0 saturated heterocycles. The van der Waals surface area contributed by atoms with E-state index in [1.165, 1.54) is 0 Å². The van der Waals surface area contributed by atoms with Crippen LogP contribution in [0.1, 0.15) is 1.43 Å². The van der Waals surface area contributed by atoms with Gasteiger partial charge in [-0.25, -0.2) is 13.7 Å². The summed E-state index contributed by atoms with van der Waals surface area (Å²) in [6.07, 6.45) is 0. The van der Waals surface area contributed by atoms with E-state index in [2.05, 4.69) is 0 Å². The van der Waals surface area contributed by atoms with E-state index in [9.17, 15) is 0 Å². The van der Waals surface area contributed by atoms with Crippen molar-refractivity contribution < 1.29 is 59.4 Å². The Bertz CT molecular complexity index is 54.6. The Hall–Kier alpha value is 1.18. The molecule has 0 aromatic rings. The molecule has 0 aromatic heterocycles. The summed E-state index contributed by atoms with van der Waals surface area (Å²) in [5.74, 6) is 0. The standard InChI is InChI=1S/Na.3HO2P.H/c;3*1-3-2;/h;3*(H,1,2);/q+1;;;;-1. The van der Waals surface area contributed by atoms with Crippen LogP contribution in [0.25, 0.3) is 0 Å². The van der Waals surface area contributed by atoms with Crippen LogP contribution in [0.5, 0.6) is 0 Å². The first-order valence-corrected chi connectivity index (χ1v) is 3.44. The molecule has 0 aliphatic carbocycles. The van der Waals surface area contributed by atoms with Gasteiger partial charge in [0, 0.05) is 0 Å². The van der Waals surface area contributed by atoms with Crippen LogP contribution in [0.2, 0.25) is 0 Å². The molecule has 0 spiro atoms. The van der Waals surface area contributed by atoms with E-state index in [0.29, 0.717) is 0 Å². The largest absolute Gasteiger partial charge is 1.00 e. The summed E-state index contributed by atoms with van der Waals surface area (Å²) >= 11 is 0. The van der Waals surface area contributed by atoms with Crippen LogP contribution < -0.4 is 29.6 Å². The number of rotatable bonds is 0. The predicted molar refractivity (Wildman–Crippen MR) is 30.6 cm³/mol. The van der Waals surface area contributed by atoms with Gasteiger partial charge in [0.1, 0.15) is 0 Å². The summed E-state index contributed by atoms with van der Waals surface area (Å²) < 4.78 is 25.4. The summed E-state index contributed by atoms with van der Waals surface area (Å²) in [6, 6.07) is 0. The van der Waals surface area contributed by atoms with Crippen molar-refractivity contribution in [3.05, 3.63) is 0 Å². The Kier molecular flexibility index (Phi) is 110. The first-order valence-electron chi connectivity index (χ1n) is 1.15. The third-order valence-corrected chi connectivity index (χ3v) is 0. The van der Waals surface area contributed by atoms with Gasteiger partial charge in [0.05, 0.1) is 0 Å². The second-order valence-electron chi connectivity index (χ2n) is 0.245. The molecule has 0 unspecified atom stereocenters. The van der Waals surface area contributed by atoms with Crippen LogP contribution in [0.4, 0.5) is 0 Å². The summed E-state index contributed by atoms with van der Waals surface area (Å²) in [5.41, 5.74) is 0. The van der Waals surface area contributed by atoms with Gasteiger partial charge in [-0.05, 0) is 0 Å². The Morgan fingerprint density at radius 2 is 0.800 bits per heavy atom. The van der Waals surface area contributed by atoms with Gasteiger partial charge in [0.15, 0.2) is 0 Å². The average molecular weight is 216 g/mol. The van der Waals surface area contributed by atoms with Crippen LogP contribution in [0.3, 0.4) is 0 Å². The number of hydrogen-bond donors (Lipinski definition) is 3. The topological polar surface area (TPSA) is 112 Å². The molecule has 0 rings (SSSR count). The Morgan fingerprint density at radius 1 is 0.800 bits per heavy atom. The van der Waals surface area contributed by atoms with Crippen LogP contribution >= 0.6 is 26.1 Å². The first-order chi connectivity index (χ1) is 4.24. The molecule has 0 fully saturated rings. The van der Waals surface area contributed by atoms with Gasteiger partial charge < -0.3 is 16.1 Å². The summed E-state index contributed by atoms with van der Waals surface area (Å²) in [7, 11) is -2.50. The van der Waals surface area contributed by atoms with Crippen molar-refractivity contribution >= 4 is 26.1 Å². The van der Waals surface area contributed by atoms with E-state index in [4.69, 9.17) is 28.4 Å². The molecule has 10 heteroatoms. The monoisotopic (exact) mass is 216 g/mol. The molecule has 0 radical (unpaired) electrons. The Morgan fingerprint density at radius 3 is 0.800 bits per heavy atom. The van der Waals surface area contributed by atoms with E-state index < -0.39 is 26.1 Å². The third kappa shape index (κ3) is 441. The van der Waals surface area contributed by atoms with E-state index in [-0.39, 0.29) is 31.0 Å². The molecule has 6 nitrogen and oxygen atoms in total. The summed E-state index contributed by atoms with van der Waals surface area (Å²) in [4.78, 5) is 21.0. The Labute approximate surface area is 85.3 Å². The van der Waals surface area contributed by atoms with Crippen molar-refractivity contribution in [1.82, 2.24) is 0 Å². The normalized spacial score (nSPS) is 6.30. The van der Waals surface area contributed by atoms with Gasteiger partial charge in [-0.1, -0.05) is 0 Å². The molecule has 0 aromatic carbocycles. The van der Waals surface area contributed by atoms with Gasteiger partial charge in [0.2, 0.25) is 0 Å². The van der Waals surface area contributed by atoms with Gasteiger partial charge >= 0.3 is 55.6 Å². The van der Waals surface area contributed by atoms with Crippen molar-refractivity contribution in [2.75, 3.05) is 0 Å². The molecule has 0 atom stereocenters. The zero-order valence-electron chi connectivity index (χ0n) is 5.91. The molecule has 0 amide bonds. The van der Waals surface area contributed by atoms with Crippen molar-refractivity contribution in [3.63, 3.8) is 0 Å². The smallest absolute Gasteiger partial charge is 1.00 e. The second-order valence-corrected chi connectivity index (χ2v) is 0.735. The van der Waals surface area contributed by atoms with E-state index in [1.54, 1.807) is 0 Å². The van der Waals surface area contributed by atoms with Crippen LogP contribution in [-0.2, 0) is 13.7 Å². The fourth-order valence-corrected chi connectivity index (χ4v) is 0. The first kappa shape index (κ1) is 22.5. The molecule has 3 N–H and O–H groups in total. The fraction of sp³-hybridized carbons (Fsp3) is 0. The summed E-state index contributed by atoms with van der Waals surface area (Å²) in [6.45, 7) is 0. The van der Waals surface area contributed by atoms with Gasteiger partial charge in [-0.15, -0.1) is 0 Å². The minimum atomic E-state index is -0.833. The molecule has 0 saturated carbocycles. The van der Waals surface area contributed by atoms with Gasteiger partial charge in [-0.3, -0.25) is 0 Å². The van der Waals surface area contributed by atoms with E-state index >= 15 is 0 Å². The van der Waals surface area contributed by atoms with E-state index in [0.717, 1.165) is 0 Å². The maximum Gasteiger partial charge on any atom is 1.00 e. The minimum absolute atomic E-state index is 0. The molecular formula is H4NaO6P3. The van der Waals surface area contributed by atoms with Crippen LogP contribution in [0, 0.1) is 0 Å². The average Bonchev–Trinajstić information content (AvgIpc) is 1.70. The minimum Gasteiger partial charge on any atom is -1.00 e.